The van der Waals surface area contributed by atoms with E-state index in [0.717, 1.165) is 45.3 Å². The van der Waals surface area contributed by atoms with Gasteiger partial charge in [0.2, 0.25) is 5.71 Å². The third kappa shape index (κ3) is 3.26. The molecule has 0 aliphatic rings. The Balaban J connectivity index is 1.67. The smallest absolute Gasteiger partial charge is 0.227 e. The number of aryl methyl sites for hydroxylation is 1. The van der Waals surface area contributed by atoms with E-state index in [-0.39, 0.29) is 0 Å². The summed E-state index contributed by atoms with van der Waals surface area (Å²) < 4.78 is 6.30. The van der Waals surface area contributed by atoms with Crippen LogP contribution in [0.4, 0.5) is 0 Å². The van der Waals surface area contributed by atoms with Gasteiger partial charge in [-0.15, -0.1) is 0 Å². The van der Waals surface area contributed by atoms with Crippen molar-refractivity contribution in [2.45, 2.75) is 27.2 Å². The lowest BCUT2D eigenvalue weighted by Gasteiger charge is -2.10. The molecule has 148 valence electrons. The molecule has 0 amide bonds. The van der Waals surface area contributed by atoms with Crippen molar-refractivity contribution < 1.29 is 4.42 Å². The van der Waals surface area contributed by atoms with E-state index < -0.39 is 0 Å². The molecule has 0 spiro atoms. The summed E-state index contributed by atoms with van der Waals surface area (Å²) >= 11 is 0. The highest BCUT2D eigenvalue weighted by atomic mass is 16.3. The molecule has 30 heavy (non-hydrogen) atoms. The first-order valence-electron chi connectivity index (χ1n) is 10.4. The average Bonchev–Trinajstić information content (AvgIpc) is 3.13. The third-order valence-corrected chi connectivity index (χ3v) is 5.55. The standard InChI is InChI=1S/C27H24N2O/c1-17(2)14-20-15-25(28-16-18(20)3)23-11-7-10-21-22-12-13-24(19-8-5-4-6-9-19)29-27(22)30-26(21)23/h4-13,15-17H,14H2,1-3H3. The molecule has 0 saturated heterocycles. The molecule has 0 fully saturated rings. The minimum Gasteiger partial charge on any atom is -0.437 e. The minimum absolute atomic E-state index is 0.599. The number of hydrogen-bond acceptors (Lipinski definition) is 3. The van der Waals surface area contributed by atoms with E-state index >= 15 is 0 Å². The SMILES string of the molecule is Cc1cnc(-c2cccc3c2oc2nc(-c4ccccc4)ccc23)cc1CC(C)C. The summed E-state index contributed by atoms with van der Waals surface area (Å²) in [5.41, 5.74) is 8.03. The molecule has 0 bridgehead atoms. The Morgan fingerprint density at radius 1 is 0.867 bits per heavy atom. The summed E-state index contributed by atoms with van der Waals surface area (Å²) in [5, 5.41) is 2.10. The summed E-state index contributed by atoms with van der Waals surface area (Å²) in [5.74, 6) is 0.599. The average molecular weight is 393 g/mol. The monoisotopic (exact) mass is 392 g/mol. The Morgan fingerprint density at radius 2 is 1.70 bits per heavy atom. The van der Waals surface area contributed by atoms with Crippen LogP contribution in [0.2, 0.25) is 0 Å². The molecule has 2 aromatic carbocycles. The second-order valence-electron chi connectivity index (χ2n) is 8.29. The number of furan rings is 1. The molecular formula is C27H24N2O. The maximum Gasteiger partial charge on any atom is 0.227 e. The van der Waals surface area contributed by atoms with E-state index in [9.17, 15) is 0 Å². The van der Waals surface area contributed by atoms with Crippen LogP contribution in [0, 0.1) is 12.8 Å². The van der Waals surface area contributed by atoms with Gasteiger partial charge in [-0.25, -0.2) is 4.98 Å². The normalized spacial score (nSPS) is 11.6. The topological polar surface area (TPSA) is 38.9 Å². The van der Waals surface area contributed by atoms with Gasteiger partial charge in [0.25, 0.3) is 0 Å². The van der Waals surface area contributed by atoms with Crippen LogP contribution in [0.5, 0.6) is 0 Å². The van der Waals surface area contributed by atoms with Crippen molar-refractivity contribution in [3.05, 3.63) is 84.1 Å². The molecule has 0 unspecified atom stereocenters. The Kier molecular flexibility index (Phi) is 4.59. The van der Waals surface area contributed by atoms with Crippen LogP contribution < -0.4 is 0 Å². The van der Waals surface area contributed by atoms with Crippen LogP contribution >= 0.6 is 0 Å². The first-order valence-corrected chi connectivity index (χ1v) is 10.4. The Bertz CT molecular complexity index is 1350. The van der Waals surface area contributed by atoms with E-state index in [2.05, 4.69) is 69.3 Å². The number of nitrogens with zero attached hydrogens (tertiary/aromatic N) is 2. The Hall–Kier alpha value is -3.46. The van der Waals surface area contributed by atoms with Crippen molar-refractivity contribution in [3.8, 4) is 22.5 Å². The van der Waals surface area contributed by atoms with Gasteiger partial charge in [-0.3, -0.25) is 4.98 Å². The number of benzene rings is 2. The summed E-state index contributed by atoms with van der Waals surface area (Å²) in [4.78, 5) is 9.52. The number of rotatable bonds is 4. The van der Waals surface area contributed by atoms with Crippen LogP contribution in [0.25, 0.3) is 44.6 Å². The van der Waals surface area contributed by atoms with Crippen molar-refractivity contribution in [2.75, 3.05) is 0 Å². The van der Waals surface area contributed by atoms with E-state index in [1.54, 1.807) is 0 Å². The molecule has 0 saturated carbocycles. The number of hydrogen-bond donors (Lipinski definition) is 0. The lowest BCUT2D eigenvalue weighted by Crippen LogP contribution is -1.99. The predicted molar refractivity (Wildman–Crippen MR) is 123 cm³/mol. The first kappa shape index (κ1) is 18.6. The number of fused-ring (bicyclic) bond motifs is 3. The fourth-order valence-electron chi connectivity index (χ4n) is 4.02. The highest BCUT2D eigenvalue weighted by molar-refractivity contribution is 6.08. The van der Waals surface area contributed by atoms with Gasteiger partial charge in [-0.1, -0.05) is 56.3 Å². The van der Waals surface area contributed by atoms with Crippen LogP contribution in [0.1, 0.15) is 25.0 Å². The summed E-state index contributed by atoms with van der Waals surface area (Å²) in [7, 11) is 0. The lowest BCUT2D eigenvalue weighted by atomic mass is 9.97. The van der Waals surface area contributed by atoms with Crippen LogP contribution in [0.3, 0.4) is 0 Å². The largest absolute Gasteiger partial charge is 0.437 e. The number of para-hydroxylation sites is 1. The predicted octanol–water partition coefficient (Wildman–Crippen LogP) is 7.22. The molecule has 3 aromatic heterocycles. The van der Waals surface area contributed by atoms with E-state index in [1.807, 2.05) is 24.4 Å². The van der Waals surface area contributed by atoms with Gasteiger partial charge in [0.05, 0.1) is 11.4 Å². The quantitative estimate of drug-likeness (QED) is 0.324. The van der Waals surface area contributed by atoms with Crippen molar-refractivity contribution >= 4 is 22.1 Å². The molecule has 3 heteroatoms. The summed E-state index contributed by atoms with van der Waals surface area (Å²) in [6.07, 6.45) is 3.01. The lowest BCUT2D eigenvalue weighted by molar-refractivity contribution is 0.644. The van der Waals surface area contributed by atoms with Gasteiger partial charge in [-0.05, 0) is 54.7 Å². The van der Waals surface area contributed by atoms with E-state index in [4.69, 9.17) is 14.4 Å². The van der Waals surface area contributed by atoms with Crippen molar-refractivity contribution in [1.29, 1.82) is 0 Å². The van der Waals surface area contributed by atoms with Gasteiger partial charge in [0, 0.05) is 28.1 Å². The van der Waals surface area contributed by atoms with Crippen LogP contribution in [-0.4, -0.2) is 9.97 Å². The van der Waals surface area contributed by atoms with Gasteiger partial charge in [0.1, 0.15) is 5.58 Å². The molecule has 5 rings (SSSR count). The maximum atomic E-state index is 6.30. The fraction of sp³-hybridized carbons (Fsp3) is 0.185. The number of pyridine rings is 2. The third-order valence-electron chi connectivity index (χ3n) is 5.55. The van der Waals surface area contributed by atoms with Crippen LogP contribution in [0.15, 0.2) is 77.3 Å². The Morgan fingerprint density at radius 3 is 2.50 bits per heavy atom. The van der Waals surface area contributed by atoms with Crippen molar-refractivity contribution in [2.24, 2.45) is 5.92 Å². The maximum absolute atomic E-state index is 6.30. The Labute approximate surface area is 176 Å². The molecule has 0 N–H and O–H groups in total. The molecule has 0 radical (unpaired) electrons. The first-order chi connectivity index (χ1) is 14.6. The highest BCUT2D eigenvalue weighted by Gasteiger charge is 2.15. The van der Waals surface area contributed by atoms with Gasteiger partial charge >= 0.3 is 0 Å². The second kappa shape index (κ2) is 7.42. The number of aromatic nitrogens is 2. The molecular weight excluding hydrogens is 368 g/mol. The summed E-state index contributed by atoms with van der Waals surface area (Å²) in [6.45, 7) is 6.62. The van der Waals surface area contributed by atoms with Crippen LogP contribution in [-0.2, 0) is 6.42 Å². The van der Waals surface area contributed by atoms with E-state index in [0.29, 0.717) is 11.6 Å². The fourth-order valence-corrected chi connectivity index (χ4v) is 4.02. The van der Waals surface area contributed by atoms with Crippen molar-refractivity contribution in [1.82, 2.24) is 9.97 Å². The van der Waals surface area contributed by atoms with Gasteiger partial charge in [-0.2, -0.15) is 0 Å². The summed E-state index contributed by atoms with van der Waals surface area (Å²) in [6, 6.07) is 22.8. The zero-order valence-corrected chi connectivity index (χ0v) is 17.5. The molecule has 0 aliphatic carbocycles. The molecule has 5 aromatic rings. The van der Waals surface area contributed by atoms with Crippen molar-refractivity contribution in [3.63, 3.8) is 0 Å². The molecule has 0 aliphatic heterocycles. The molecule has 0 atom stereocenters. The zero-order valence-electron chi connectivity index (χ0n) is 17.5. The van der Waals surface area contributed by atoms with Gasteiger partial charge in [0.15, 0.2) is 0 Å². The second-order valence-corrected chi connectivity index (χ2v) is 8.29. The zero-order chi connectivity index (χ0) is 20.7. The van der Waals surface area contributed by atoms with E-state index in [1.165, 1.54) is 11.1 Å². The van der Waals surface area contributed by atoms with Gasteiger partial charge < -0.3 is 4.42 Å². The molecule has 3 heterocycles. The minimum atomic E-state index is 0.599. The molecule has 3 nitrogen and oxygen atoms in total. The highest BCUT2D eigenvalue weighted by Crippen LogP contribution is 2.36.